The van der Waals surface area contributed by atoms with Crippen molar-refractivity contribution >= 4 is 38.7 Å². The van der Waals surface area contributed by atoms with Crippen molar-refractivity contribution in [2.75, 3.05) is 5.75 Å². The quantitative estimate of drug-likeness (QED) is 0.523. The molecule has 0 aliphatic heterocycles. The van der Waals surface area contributed by atoms with E-state index in [-0.39, 0.29) is 16.7 Å². The van der Waals surface area contributed by atoms with Crippen molar-refractivity contribution < 1.29 is 28.7 Å². The molecule has 0 aliphatic rings. The van der Waals surface area contributed by atoms with Crippen molar-refractivity contribution in [1.29, 1.82) is 0 Å². The van der Waals surface area contributed by atoms with Crippen LogP contribution in [-0.4, -0.2) is 10.5 Å². The van der Waals surface area contributed by atoms with E-state index in [4.69, 9.17) is 0 Å². The maximum absolute atomic E-state index is 10.8. The zero-order valence-electron chi connectivity index (χ0n) is 9.75. The number of hydrogen-bond acceptors (Lipinski definition) is 8. The second-order valence-corrected chi connectivity index (χ2v) is 10.2. The summed E-state index contributed by atoms with van der Waals surface area (Å²) in [6.07, 6.45) is 0. The summed E-state index contributed by atoms with van der Waals surface area (Å²) in [7, 11) is -11.0. The lowest BCUT2D eigenvalue weighted by Gasteiger charge is -2.48. The molecule has 0 amide bonds. The van der Waals surface area contributed by atoms with E-state index >= 15 is 0 Å². The van der Waals surface area contributed by atoms with Crippen LogP contribution in [0.1, 0.15) is 6.92 Å². The van der Waals surface area contributed by atoms with E-state index in [1.807, 2.05) is 6.92 Å². The summed E-state index contributed by atoms with van der Waals surface area (Å²) in [4.78, 5) is 44.5. The molecule has 0 aliphatic carbocycles. The van der Waals surface area contributed by atoms with E-state index in [1.165, 1.54) is 12.1 Å². The Labute approximate surface area is 119 Å². The molecule has 0 atom stereocenters. The van der Waals surface area contributed by atoms with Crippen LogP contribution in [0.5, 0.6) is 0 Å². The highest BCUT2D eigenvalue weighted by Gasteiger charge is 2.18. The Morgan fingerprint density at radius 3 is 1.79 bits per heavy atom. The SMILES string of the molecule is CCSc1ccc(SC(P(=O)([O-])[O-])P(=O)([O-])[O-])cc1. The van der Waals surface area contributed by atoms with Gasteiger partial charge in [0.25, 0.3) is 0 Å². The maximum Gasteiger partial charge on any atom is 0.0644 e. The van der Waals surface area contributed by atoms with E-state index in [9.17, 15) is 28.7 Å². The summed E-state index contributed by atoms with van der Waals surface area (Å²) in [5.74, 6) is 0.849. The van der Waals surface area contributed by atoms with Crippen LogP contribution in [-0.2, 0) is 9.13 Å². The van der Waals surface area contributed by atoms with Crippen LogP contribution >= 0.6 is 38.7 Å². The van der Waals surface area contributed by atoms with Gasteiger partial charge in [0, 0.05) is 9.79 Å². The smallest absolute Gasteiger partial charge is 0.0644 e. The van der Waals surface area contributed by atoms with E-state index in [1.54, 1.807) is 23.9 Å². The molecule has 10 heteroatoms. The minimum atomic E-state index is -5.52. The zero-order valence-corrected chi connectivity index (χ0v) is 13.2. The molecule has 0 saturated heterocycles. The van der Waals surface area contributed by atoms with Crippen LogP contribution in [0, 0.1) is 0 Å². The third kappa shape index (κ3) is 5.61. The largest absolute Gasteiger partial charge is 0.810 e. The van der Waals surface area contributed by atoms with Gasteiger partial charge < -0.3 is 28.7 Å². The third-order valence-electron chi connectivity index (χ3n) is 1.92. The highest BCUT2D eigenvalue weighted by Crippen LogP contribution is 2.57. The molecule has 108 valence electrons. The lowest BCUT2D eigenvalue weighted by molar-refractivity contribution is -0.326. The second kappa shape index (κ2) is 6.78. The molecule has 0 bridgehead atoms. The predicted molar refractivity (Wildman–Crippen MR) is 67.7 cm³/mol. The van der Waals surface area contributed by atoms with Crippen LogP contribution in [0.4, 0.5) is 0 Å². The maximum atomic E-state index is 10.8. The summed E-state index contributed by atoms with van der Waals surface area (Å²) < 4.78 is 19.1. The van der Waals surface area contributed by atoms with Crippen molar-refractivity contribution in [1.82, 2.24) is 0 Å². The van der Waals surface area contributed by atoms with Crippen LogP contribution in [0.2, 0.25) is 0 Å². The Bertz CT molecular complexity index is 486. The van der Waals surface area contributed by atoms with Crippen LogP contribution in [0.25, 0.3) is 0 Å². The van der Waals surface area contributed by atoms with Gasteiger partial charge in [-0.15, -0.1) is 23.5 Å². The molecule has 19 heavy (non-hydrogen) atoms. The molecule has 0 radical (unpaired) electrons. The van der Waals surface area contributed by atoms with Crippen molar-refractivity contribution in [3.63, 3.8) is 0 Å². The minimum absolute atomic E-state index is 0.240. The Morgan fingerprint density at radius 2 is 1.42 bits per heavy atom. The highest BCUT2D eigenvalue weighted by molar-refractivity contribution is 8.11. The van der Waals surface area contributed by atoms with E-state index in [2.05, 4.69) is 0 Å². The molecular formula is C9H10O6P2S2-4. The first-order chi connectivity index (χ1) is 8.64. The molecule has 1 aromatic rings. The Morgan fingerprint density at radius 1 is 1.00 bits per heavy atom. The molecule has 0 spiro atoms. The van der Waals surface area contributed by atoms with Gasteiger partial charge in [-0.2, -0.15) is 0 Å². The van der Waals surface area contributed by atoms with Crippen LogP contribution in [0.15, 0.2) is 34.1 Å². The second-order valence-electron chi connectivity index (χ2n) is 3.43. The topological polar surface area (TPSA) is 126 Å². The van der Waals surface area contributed by atoms with Gasteiger partial charge in [0.05, 0.1) is 4.73 Å². The monoisotopic (exact) mass is 340 g/mol. The third-order valence-corrected chi connectivity index (χ3v) is 8.53. The fraction of sp³-hybridized carbons (Fsp3) is 0.333. The molecule has 0 saturated carbocycles. The van der Waals surface area contributed by atoms with E-state index in [0.29, 0.717) is 0 Å². The minimum Gasteiger partial charge on any atom is -0.810 e. The fourth-order valence-electron chi connectivity index (χ4n) is 1.21. The summed E-state index contributed by atoms with van der Waals surface area (Å²) in [6.45, 7) is 1.96. The molecule has 1 rings (SSSR count). The molecule has 0 unspecified atom stereocenters. The summed E-state index contributed by atoms with van der Waals surface area (Å²) in [5.41, 5.74) is 0. The summed E-state index contributed by atoms with van der Waals surface area (Å²) in [6, 6.07) is 6.27. The Balaban J connectivity index is 2.92. The van der Waals surface area contributed by atoms with Crippen molar-refractivity contribution in [2.24, 2.45) is 0 Å². The van der Waals surface area contributed by atoms with Crippen LogP contribution < -0.4 is 19.6 Å². The Kier molecular flexibility index (Phi) is 6.17. The molecule has 0 aromatic heterocycles. The fourth-order valence-corrected chi connectivity index (χ4v) is 5.55. The van der Waals surface area contributed by atoms with Gasteiger partial charge in [-0.1, -0.05) is 6.92 Å². The Hall–Kier alpha value is 0.220. The predicted octanol–water partition coefficient (Wildman–Crippen LogP) is 0.00170. The van der Waals surface area contributed by atoms with Gasteiger partial charge >= 0.3 is 0 Å². The molecule has 0 fully saturated rings. The lowest BCUT2D eigenvalue weighted by atomic mass is 10.4. The molecule has 6 nitrogen and oxygen atoms in total. The molecule has 0 heterocycles. The van der Waals surface area contributed by atoms with Gasteiger partial charge in [-0.05, 0) is 45.2 Å². The number of benzene rings is 1. The van der Waals surface area contributed by atoms with Gasteiger partial charge in [-0.25, -0.2) is 0 Å². The average Bonchev–Trinajstić information content (AvgIpc) is 2.25. The van der Waals surface area contributed by atoms with Gasteiger partial charge in [0.1, 0.15) is 0 Å². The highest BCUT2D eigenvalue weighted by atomic mass is 32.2. The summed E-state index contributed by atoms with van der Waals surface area (Å²) in [5, 5.41) is 0. The molecule has 1 aromatic carbocycles. The molecule has 0 N–H and O–H groups in total. The van der Waals surface area contributed by atoms with E-state index in [0.717, 1.165) is 10.6 Å². The zero-order chi connectivity index (χ0) is 14.7. The summed E-state index contributed by atoms with van der Waals surface area (Å²) >= 11 is 1.79. The first kappa shape index (κ1) is 17.3. The standard InChI is InChI=1S/C9H14O6P2S2/c1-2-18-7-3-5-8(6-4-7)19-9(16(10,11)12)17(13,14)15/h3-6,9H,2H2,1H3,(H2,10,11,12)(H2,13,14,15)/p-4. The normalized spacial score (nSPS) is 12.9. The molecular weight excluding hydrogens is 330 g/mol. The van der Waals surface area contributed by atoms with Crippen LogP contribution in [0.3, 0.4) is 0 Å². The van der Waals surface area contributed by atoms with Crippen molar-refractivity contribution in [2.45, 2.75) is 21.4 Å². The van der Waals surface area contributed by atoms with Gasteiger partial charge in [0.2, 0.25) is 0 Å². The van der Waals surface area contributed by atoms with E-state index < -0.39 is 19.9 Å². The van der Waals surface area contributed by atoms with Gasteiger partial charge in [-0.3, -0.25) is 0 Å². The van der Waals surface area contributed by atoms with Crippen molar-refractivity contribution in [3.05, 3.63) is 24.3 Å². The number of rotatable bonds is 6. The average molecular weight is 340 g/mol. The number of thioether (sulfide) groups is 2. The number of hydrogen-bond donors (Lipinski definition) is 0. The lowest BCUT2D eigenvalue weighted by Crippen LogP contribution is -2.31. The van der Waals surface area contributed by atoms with Gasteiger partial charge in [0.15, 0.2) is 0 Å². The first-order valence-corrected chi connectivity index (χ1v) is 10.2. The first-order valence-electron chi connectivity index (χ1n) is 5.07. The van der Waals surface area contributed by atoms with Crippen molar-refractivity contribution in [3.8, 4) is 0 Å².